The van der Waals surface area contributed by atoms with E-state index in [-0.39, 0.29) is 36.8 Å². The van der Waals surface area contributed by atoms with Crippen molar-refractivity contribution in [3.63, 3.8) is 0 Å². The number of hydrogen-bond acceptors (Lipinski definition) is 9. The van der Waals surface area contributed by atoms with Gasteiger partial charge in [0, 0.05) is 25.8 Å². The Morgan fingerprint density at radius 1 is 1.19 bits per heavy atom. The fraction of sp³-hybridized carbons (Fsp3) is 0.619. The van der Waals surface area contributed by atoms with E-state index in [2.05, 4.69) is 5.16 Å². The summed E-state index contributed by atoms with van der Waals surface area (Å²) >= 11 is 0. The van der Waals surface area contributed by atoms with Crippen molar-refractivity contribution in [2.24, 2.45) is 0 Å². The molecule has 0 radical (unpaired) electrons. The molecular formula is C21H26FN3O7. The van der Waals surface area contributed by atoms with Crippen molar-refractivity contribution in [1.82, 2.24) is 5.16 Å². The van der Waals surface area contributed by atoms with Crippen molar-refractivity contribution in [2.75, 3.05) is 56.4 Å². The zero-order valence-electron chi connectivity index (χ0n) is 18.2. The van der Waals surface area contributed by atoms with Gasteiger partial charge in [-0.05, 0) is 19.9 Å². The molecule has 3 aliphatic rings. The largest absolute Gasteiger partial charge is 0.441 e. The molecule has 4 heterocycles. The lowest BCUT2D eigenvalue weighted by Crippen LogP contribution is -2.46. The minimum Gasteiger partial charge on any atom is -0.441 e. The molecule has 11 heteroatoms. The number of methoxy groups -OCH3 is 1. The monoisotopic (exact) mass is 451 g/mol. The van der Waals surface area contributed by atoms with Crippen LogP contribution in [0.5, 0.6) is 0 Å². The predicted octanol–water partition coefficient (Wildman–Crippen LogP) is 2.60. The Kier molecular flexibility index (Phi) is 5.66. The predicted molar refractivity (Wildman–Crippen MR) is 110 cm³/mol. The van der Waals surface area contributed by atoms with Crippen LogP contribution in [0.2, 0.25) is 0 Å². The molecule has 3 fully saturated rings. The number of hydrogen-bond donors (Lipinski definition) is 0. The van der Waals surface area contributed by atoms with Crippen LogP contribution < -0.4 is 9.80 Å². The minimum absolute atomic E-state index is 0.0356. The van der Waals surface area contributed by atoms with E-state index < -0.39 is 24.3 Å². The topological polar surface area (TPSA) is 95.7 Å². The van der Waals surface area contributed by atoms with Crippen LogP contribution in [-0.2, 0) is 23.7 Å². The van der Waals surface area contributed by atoms with Crippen LogP contribution in [0.3, 0.4) is 0 Å². The number of cyclic esters (lactones) is 1. The SMILES string of the molecule is COC[C@H]1CN(c2noc3c(F)c(N4C[C@@H](C)O[C@H](C)C4)c(C4OCCO4)cc23)C(=O)O1. The quantitative estimate of drug-likeness (QED) is 0.680. The highest BCUT2D eigenvalue weighted by Crippen LogP contribution is 2.42. The third-order valence-electron chi connectivity index (χ3n) is 5.78. The third-order valence-corrected chi connectivity index (χ3v) is 5.78. The van der Waals surface area contributed by atoms with Gasteiger partial charge in [-0.2, -0.15) is 0 Å². The summed E-state index contributed by atoms with van der Waals surface area (Å²) in [6.07, 6.45) is -1.91. The van der Waals surface area contributed by atoms with Crippen molar-refractivity contribution in [1.29, 1.82) is 0 Å². The van der Waals surface area contributed by atoms with Gasteiger partial charge in [0.15, 0.2) is 17.9 Å². The summed E-state index contributed by atoms with van der Waals surface area (Å²) in [6, 6.07) is 1.73. The first-order valence-electron chi connectivity index (χ1n) is 10.7. The molecule has 174 valence electrons. The van der Waals surface area contributed by atoms with E-state index in [0.29, 0.717) is 42.9 Å². The summed E-state index contributed by atoms with van der Waals surface area (Å²) in [5.74, 6) is -0.380. The Morgan fingerprint density at radius 3 is 2.59 bits per heavy atom. The number of morpholine rings is 1. The third kappa shape index (κ3) is 3.68. The Labute approximate surface area is 184 Å². The van der Waals surface area contributed by atoms with E-state index in [1.165, 1.54) is 12.0 Å². The number of halogens is 1. The second kappa shape index (κ2) is 8.47. The Bertz CT molecular complexity index is 999. The highest BCUT2D eigenvalue weighted by atomic mass is 19.1. The van der Waals surface area contributed by atoms with Gasteiger partial charge in [0.1, 0.15) is 6.10 Å². The maximum absolute atomic E-state index is 15.9. The number of carbonyl (C=O) groups excluding carboxylic acids is 1. The molecule has 5 rings (SSSR count). The summed E-state index contributed by atoms with van der Waals surface area (Å²) in [5.41, 5.74) is 0.834. The number of benzene rings is 1. The molecule has 1 aromatic carbocycles. The van der Waals surface area contributed by atoms with Gasteiger partial charge in [0.05, 0.1) is 49.6 Å². The molecule has 0 aliphatic carbocycles. The van der Waals surface area contributed by atoms with Gasteiger partial charge in [-0.3, -0.25) is 4.90 Å². The number of carbonyl (C=O) groups is 1. The lowest BCUT2D eigenvalue weighted by atomic mass is 10.0. The number of anilines is 2. The van der Waals surface area contributed by atoms with Crippen LogP contribution in [0, 0.1) is 5.82 Å². The highest BCUT2D eigenvalue weighted by Gasteiger charge is 2.38. The molecular weight excluding hydrogens is 425 g/mol. The van der Waals surface area contributed by atoms with E-state index >= 15 is 4.39 Å². The summed E-state index contributed by atoms with van der Waals surface area (Å²) in [6.45, 7) is 6.20. The molecule has 3 atom stereocenters. The molecule has 32 heavy (non-hydrogen) atoms. The van der Waals surface area contributed by atoms with Gasteiger partial charge in [-0.25, -0.2) is 9.18 Å². The van der Waals surface area contributed by atoms with E-state index in [1.807, 2.05) is 18.7 Å². The van der Waals surface area contributed by atoms with Crippen LogP contribution >= 0.6 is 0 Å². The molecule has 0 spiro atoms. The van der Waals surface area contributed by atoms with Gasteiger partial charge >= 0.3 is 6.09 Å². The second-order valence-corrected chi connectivity index (χ2v) is 8.32. The standard InChI is InChI=1S/C21H26FN3O7/c1-11-7-24(8-12(2)30-11)17-14(20-28-4-5-29-20)6-15-18(16(17)22)32-23-19(15)25-9-13(10-27-3)31-21(25)26/h6,11-13,20H,4-5,7-10H2,1-3H3/t11-,12-,13-/m1/s1. The summed E-state index contributed by atoms with van der Waals surface area (Å²) in [5, 5.41) is 4.36. The van der Waals surface area contributed by atoms with Crippen molar-refractivity contribution in [3.05, 3.63) is 17.4 Å². The van der Waals surface area contributed by atoms with Crippen LogP contribution in [0.4, 0.5) is 20.7 Å². The van der Waals surface area contributed by atoms with Gasteiger partial charge < -0.3 is 33.1 Å². The molecule has 0 unspecified atom stereocenters. The molecule has 0 saturated carbocycles. The lowest BCUT2D eigenvalue weighted by molar-refractivity contribution is -0.0445. The summed E-state index contributed by atoms with van der Waals surface area (Å²) in [4.78, 5) is 15.7. The molecule has 0 N–H and O–H groups in total. The number of fused-ring (bicyclic) bond motifs is 1. The van der Waals surface area contributed by atoms with Crippen molar-refractivity contribution in [3.8, 4) is 0 Å². The first-order chi connectivity index (χ1) is 15.5. The molecule has 2 aromatic rings. The van der Waals surface area contributed by atoms with Gasteiger partial charge in [-0.1, -0.05) is 5.16 Å². The first kappa shape index (κ1) is 21.4. The minimum atomic E-state index is -0.730. The molecule has 0 bridgehead atoms. The summed E-state index contributed by atoms with van der Waals surface area (Å²) < 4.78 is 49.0. The number of ether oxygens (including phenoxy) is 5. The van der Waals surface area contributed by atoms with E-state index in [9.17, 15) is 4.79 Å². The smallest absolute Gasteiger partial charge is 0.416 e. The number of amides is 1. The Balaban J connectivity index is 1.60. The molecule has 1 aromatic heterocycles. The zero-order chi connectivity index (χ0) is 22.4. The van der Waals surface area contributed by atoms with Crippen molar-refractivity contribution >= 4 is 28.6 Å². The first-order valence-corrected chi connectivity index (χ1v) is 10.7. The zero-order valence-corrected chi connectivity index (χ0v) is 18.2. The average molecular weight is 451 g/mol. The maximum Gasteiger partial charge on any atom is 0.416 e. The van der Waals surface area contributed by atoms with Crippen LogP contribution in [0.1, 0.15) is 25.7 Å². The molecule has 1 amide bonds. The average Bonchev–Trinajstić information content (AvgIpc) is 3.47. The Hall–Kier alpha value is -2.47. The van der Waals surface area contributed by atoms with E-state index in [4.69, 9.17) is 28.2 Å². The van der Waals surface area contributed by atoms with Crippen LogP contribution in [0.15, 0.2) is 10.6 Å². The maximum atomic E-state index is 15.9. The van der Waals surface area contributed by atoms with E-state index in [1.54, 1.807) is 6.07 Å². The van der Waals surface area contributed by atoms with Crippen molar-refractivity contribution < 1.29 is 37.4 Å². The van der Waals surface area contributed by atoms with Crippen LogP contribution in [0.25, 0.3) is 11.0 Å². The fourth-order valence-corrected chi connectivity index (χ4v) is 4.60. The number of rotatable bonds is 5. The highest BCUT2D eigenvalue weighted by molar-refractivity contribution is 6.00. The van der Waals surface area contributed by atoms with Crippen molar-refractivity contribution in [2.45, 2.75) is 38.4 Å². The lowest BCUT2D eigenvalue weighted by Gasteiger charge is -2.38. The number of aromatic nitrogens is 1. The van der Waals surface area contributed by atoms with Gasteiger partial charge in [-0.15, -0.1) is 0 Å². The molecule has 10 nitrogen and oxygen atoms in total. The van der Waals surface area contributed by atoms with Gasteiger partial charge in [0.25, 0.3) is 0 Å². The second-order valence-electron chi connectivity index (χ2n) is 8.32. The normalized spacial score (nSPS) is 27.0. The molecule has 3 aliphatic heterocycles. The van der Waals surface area contributed by atoms with Gasteiger partial charge in [0.2, 0.25) is 5.58 Å². The van der Waals surface area contributed by atoms with Crippen LogP contribution in [-0.4, -0.2) is 76.1 Å². The number of nitrogens with zero attached hydrogens (tertiary/aromatic N) is 3. The fourth-order valence-electron chi connectivity index (χ4n) is 4.60. The summed E-state index contributed by atoms with van der Waals surface area (Å²) in [7, 11) is 1.53. The molecule has 3 saturated heterocycles. The Morgan fingerprint density at radius 2 is 1.91 bits per heavy atom. The van der Waals surface area contributed by atoms with E-state index in [0.717, 1.165) is 0 Å².